The number of allylic oxidation sites excluding steroid dienone is 2. The number of rotatable bonds is 3. The van der Waals surface area contributed by atoms with Crippen LogP contribution >= 0.6 is 0 Å². The number of benzene rings is 1. The molecule has 4 nitrogen and oxygen atoms in total. The van der Waals surface area contributed by atoms with Crippen molar-refractivity contribution in [3.63, 3.8) is 0 Å². The van der Waals surface area contributed by atoms with Crippen LogP contribution in [0, 0.1) is 37.5 Å². The summed E-state index contributed by atoms with van der Waals surface area (Å²) in [5.74, 6) is -2.04. The lowest BCUT2D eigenvalue weighted by Crippen LogP contribution is -2.36. The molecule has 110 valence electrons. The van der Waals surface area contributed by atoms with Crippen molar-refractivity contribution < 1.29 is 14.7 Å². The SMILES string of the molecule is Cc1ccc(NC(=O)[C@H]2[C@@H](C(=O)O)[C@H]3C=C[C@@H]2C3)cc1C. The van der Waals surface area contributed by atoms with Gasteiger partial charge in [-0.25, -0.2) is 0 Å². The Hall–Kier alpha value is -2.10. The highest BCUT2D eigenvalue weighted by Crippen LogP contribution is 2.48. The minimum atomic E-state index is -0.868. The van der Waals surface area contributed by atoms with Crippen LogP contribution in [0.3, 0.4) is 0 Å². The molecule has 0 aliphatic heterocycles. The van der Waals surface area contributed by atoms with E-state index in [-0.39, 0.29) is 17.7 Å². The molecular formula is C17H19NO3. The number of amides is 1. The molecular weight excluding hydrogens is 266 g/mol. The number of carboxylic acids is 1. The van der Waals surface area contributed by atoms with Gasteiger partial charge in [-0.1, -0.05) is 18.2 Å². The molecule has 0 saturated heterocycles. The molecule has 1 aromatic carbocycles. The fraction of sp³-hybridized carbons (Fsp3) is 0.412. The van der Waals surface area contributed by atoms with Crippen molar-refractivity contribution >= 4 is 17.6 Å². The van der Waals surface area contributed by atoms with E-state index in [0.29, 0.717) is 0 Å². The van der Waals surface area contributed by atoms with Crippen molar-refractivity contribution in [2.24, 2.45) is 23.7 Å². The van der Waals surface area contributed by atoms with Crippen LogP contribution in [0.4, 0.5) is 5.69 Å². The monoisotopic (exact) mass is 285 g/mol. The Labute approximate surface area is 123 Å². The molecule has 1 aromatic rings. The van der Waals surface area contributed by atoms with Crippen molar-refractivity contribution in [1.82, 2.24) is 0 Å². The Morgan fingerprint density at radius 3 is 2.38 bits per heavy atom. The number of hydrogen-bond acceptors (Lipinski definition) is 2. The number of hydrogen-bond donors (Lipinski definition) is 2. The van der Waals surface area contributed by atoms with Gasteiger partial charge in [0, 0.05) is 5.69 Å². The van der Waals surface area contributed by atoms with Crippen LogP contribution in [0.5, 0.6) is 0 Å². The van der Waals surface area contributed by atoms with Crippen molar-refractivity contribution in [1.29, 1.82) is 0 Å². The standard InChI is InChI=1S/C17H19NO3/c1-9-3-6-13(7-10(9)2)18-16(19)14-11-4-5-12(8-11)15(14)17(20)21/h3-7,11-12,14-15H,8H2,1-2H3,(H,18,19)(H,20,21)/t11-,12+,14-,15+/m1/s1. The first-order chi connectivity index (χ1) is 9.97. The lowest BCUT2D eigenvalue weighted by Gasteiger charge is -2.24. The highest BCUT2D eigenvalue weighted by atomic mass is 16.4. The summed E-state index contributed by atoms with van der Waals surface area (Å²) in [5, 5.41) is 12.3. The predicted molar refractivity (Wildman–Crippen MR) is 79.9 cm³/mol. The number of carbonyl (C=O) groups excluding carboxylic acids is 1. The number of fused-ring (bicyclic) bond motifs is 2. The Morgan fingerprint density at radius 1 is 1.10 bits per heavy atom. The van der Waals surface area contributed by atoms with Gasteiger partial charge in [-0.2, -0.15) is 0 Å². The van der Waals surface area contributed by atoms with Crippen molar-refractivity contribution in [3.8, 4) is 0 Å². The molecule has 0 radical (unpaired) electrons. The van der Waals surface area contributed by atoms with E-state index in [9.17, 15) is 14.7 Å². The second-order valence-corrected chi connectivity index (χ2v) is 6.13. The molecule has 2 N–H and O–H groups in total. The van der Waals surface area contributed by atoms with Crippen LogP contribution in [0.15, 0.2) is 30.4 Å². The van der Waals surface area contributed by atoms with E-state index >= 15 is 0 Å². The first-order valence-electron chi connectivity index (χ1n) is 7.26. The van der Waals surface area contributed by atoms with Gasteiger partial charge in [-0.3, -0.25) is 9.59 Å². The van der Waals surface area contributed by atoms with Crippen LogP contribution in [0.1, 0.15) is 17.5 Å². The molecule has 4 heteroatoms. The van der Waals surface area contributed by atoms with Gasteiger partial charge in [0.2, 0.25) is 5.91 Å². The fourth-order valence-corrected chi connectivity index (χ4v) is 3.56. The van der Waals surface area contributed by atoms with E-state index in [0.717, 1.165) is 17.7 Å². The molecule has 1 fully saturated rings. The van der Waals surface area contributed by atoms with Gasteiger partial charge in [0.1, 0.15) is 0 Å². The maximum absolute atomic E-state index is 12.5. The van der Waals surface area contributed by atoms with Gasteiger partial charge >= 0.3 is 5.97 Å². The first kappa shape index (κ1) is 13.9. The van der Waals surface area contributed by atoms with Gasteiger partial charge < -0.3 is 10.4 Å². The third kappa shape index (κ3) is 2.35. The van der Waals surface area contributed by atoms with Crippen LogP contribution in [-0.2, 0) is 9.59 Å². The van der Waals surface area contributed by atoms with Crippen LogP contribution < -0.4 is 5.32 Å². The first-order valence-corrected chi connectivity index (χ1v) is 7.26. The summed E-state index contributed by atoms with van der Waals surface area (Å²) in [7, 11) is 0. The highest BCUT2D eigenvalue weighted by molar-refractivity contribution is 5.96. The lowest BCUT2D eigenvalue weighted by molar-refractivity contribution is -0.146. The molecule has 0 aromatic heterocycles. The largest absolute Gasteiger partial charge is 0.481 e. The van der Waals surface area contributed by atoms with Crippen molar-refractivity contribution in [3.05, 3.63) is 41.5 Å². The van der Waals surface area contributed by atoms with Crippen LogP contribution in [0.25, 0.3) is 0 Å². The van der Waals surface area contributed by atoms with E-state index in [1.165, 1.54) is 5.56 Å². The van der Waals surface area contributed by atoms with Gasteiger partial charge in [0.05, 0.1) is 11.8 Å². The summed E-state index contributed by atoms with van der Waals surface area (Å²) in [6, 6.07) is 5.74. The second kappa shape index (κ2) is 5.02. The van der Waals surface area contributed by atoms with Crippen LogP contribution in [-0.4, -0.2) is 17.0 Å². The topological polar surface area (TPSA) is 66.4 Å². The highest BCUT2D eigenvalue weighted by Gasteiger charge is 2.51. The van der Waals surface area contributed by atoms with E-state index < -0.39 is 17.8 Å². The number of aliphatic carboxylic acids is 1. The van der Waals surface area contributed by atoms with Gasteiger partial charge in [0.15, 0.2) is 0 Å². The van der Waals surface area contributed by atoms with Crippen molar-refractivity contribution in [2.45, 2.75) is 20.3 Å². The van der Waals surface area contributed by atoms with E-state index in [1.807, 2.05) is 44.2 Å². The summed E-state index contributed by atoms with van der Waals surface area (Å²) in [4.78, 5) is 24.0. The van der Waals surface area contributed by atoms with Crippen LogP contribution in [0.2, 0.25) is 0 Å². The molecule has 1 amide bonds. The quantitative estimate of drug-likeness (QED) is 0.839. The Morgan fingerprint density at radius 2 is 1.76 bits per heavy atom. The number of aryl methyl sites for hydroxylation is 2. The molecule has 21 heavy (non-hydrogen) atoms. The average Bonchev–Trinajstić information content (AvgIpc) is 3.03. The predicted octanol–water partition coefficient (Wildman–Crippen LogP) is 2.76. The minimum absolute atomic E-state index is 0.00278. The summed E-state index contributed by atoms with van der Waals surface area (Å²) in [5.41, 5.74) is 3.01. The molecule has 0 spiro atoms. The third-order valence-electron chi connectivity index (χ3n) is 4.82. The molecule has 1 saturated carbocycles. The maximum Gasteiger partial charge on any atom is 0.307 e. The number of carboxylic acid groups (broad SMARTS) is 1. The normalized spacial score (nSPS) is 29.6. The zero-order chi connectivity index (χ0) is 15.1. The smallest absolute Gasteiger partial charge is 0.307 e. The minimum Gasteiger partial charge on any atom is -0.481 e. The third-order valence-corrected chi connectivity index (χ3v) is 4.82. The Balaban J connectivity index is 1.80. The fourth-order valence-electron chi connectivity index (χ4n) is 3.56. The summed E-state index contributed by atoms with van der Waals surface area (Å²) in [6.45, 7) is 4.01. The average molecular weight is 285 g/mol. The number of nitrogens with one attached hydrogen (secondary N) is 1. The molecule has 2 aliphatic rings. The number of anilines is 1. The summed E-state index contributed by atoms with van der Waals surface area (Å²) in [6.07, 6.45) is 4.72. The Bertz CT molecular complexity index is 635. The van der Waals surface area contributed by atoms with Gasteiger partial charge in [0.25, 0.3) is 0 Å². The molecule has 0 heterocycles. The molecule has 0 unspecified atom stereocenters. The van der Waals surface area contributed by atoms with Gasteiger partial charge in [-0.15, -0.1) is 0 Å². The van der Waals surface area contributed by atoms with Gasteiger partial charge in [-0.05, 0) is 55.4 Å². The number of carbonyl (C=O) groups is 2. The molecule has 3 rings (SSSR count). The summed E-state index contributed by atoms with van der Waals surface area (Å²) >= 11 is 0. The van der Waals surface area contributed by atoms with Crippen molar-refractivity contribution in [2.75, 3.05) is 5.32 Å². The molecule has 2 aliphatic carbocycles. The second-order valence-electron chi connectivity index (χ2n) is 6.13. The van der Waals surface area contributed by atoms with E-state index in [2.05, 4.69) is 5.32 Å². The maximum atomic E-state index is 12.5. The van der Waals surface area contributed by atoms with E-state index in [1.54, 1.807) is 0 Å². The molecule has 2 bridgehead atoms. The zero-order valence-corrected chi connectivity index (χ0v) is 12.2. The summed E-state index contributed by atoms with van der Waals surface area (Å²) < 4.78 is 0. The molecule has 4 atom stereocenters. The Kier molecular flexibility index (Phi) is 3.32. The van der Waals surface area contributed by atoms with E-state index in [4.69, 9.17) is 0 Å². The lowest BCUT2D eigenvalue weighted by atomic mass is 9.82. The zero-order valence-electron chi connectivity index (χ0n) is 12.2.